The molecule has 1 aliphatic carbocycles. The van der Waals surface area contributed by atoms with E-state index >= 15 is 0 Å². The second kappa shape index (κ2) is 6.40. The minimum Gasteiger partial charge on any atom is -0.479 e. The summed E-state index contributed by atoms with van der Waals surface area (Å²) in [7, 11) is 1.66. The monoisotopic (exact) mass is 274 g/mol. The Morgan fingerprint density at radius 1 is 1.50 bits per heavy atom. The topological polar surface area (TPSA) is 71.3 Å². The molecule has 0 bridgehead atoms. The minimum absolute atomic E-state index is 0.00974. The number of rotatable bonds is 6. The van der Waals surface area contributed by atoms with Crippen LogP contribution in [-0.4, -0.2) is 25.2 Å². The Bertz CT molecular complexity index is 513. The molecule has 0 saturated heterocycles. The van der Waals surface area contributed by atoms with Gasteiger partial charge in [-0.1, -0.05) is 6.07 Å². The highest BCUT2D eigenvalue weighted by atomic mass is 16.5. The van der Waals surface area contributed by atoms with Crippen molar-refractivity contribution in [2.24, 2.45) is 0 Å². The number of methoxy groups -OCH3 is 1. The first-order valence-electron chi connectivity index (χ1n) is 6.62. The van der Waals surface area contributed by atoms with Crippen molar-refractivity contribution in [3.8, 4) is 11.8 Å². The van der Waals surface area contributed by atoms with Crippen LogP contribution in [0.4, 0.5) is 5.69 Å². The van der Waals surface area contributed by atoms with Gasteiger partial charge in [-0.15, -0.1) is 0 Å². The number of carbonyl (C=O) groups excluding carboxylic acids is 1. The molecule has 0 radical (unpaired) electrons. The molecule has 0 spiro atoms. The maximum atomic E-state index is 12.0. The van der Waals surface area contributed by atoms with Crippen molar-refractivity contribution in [3.63, 3.8) is 0 Å². The standard InChI is InChI=1S/C15H18N2O3/c1-19-15(6-3-7-15)11-14(18)17-12-4-2-5-13(10-12)20-9-8-16/h2,4-5,10H,3,6-7,9,11H2,1H3,(H,17,18). The van der Waals surface area contributed by atoms with Crippen molar-refractivity contribution < 1.29 is 14.3 Å². The van der Waals surface area contributed by atoms with Crippen molar-refractivity contribution >= 4 is 11.6 Å². The Morgan fingerprint density at radius 2 is 2.30 bits per heavy atom. The Labute approximate surface area is 118 Å². The highest BCUT2D eigenvalue weighted by Gasteiger charge is 2.38. The van der Waals surface area contributed by atoms with Crippen LogP contribution in [0.15, 0.2) is 24.3 Å². The summed E-state index contributed by atoms with van der Waals surface area (Å²) in [4.78, 5) is 12.0. The largest absolute Gasteiger partial charge is 0.479 e. The Kier molecular flexibility index (Phi) is 4.59. The molecule has 0 atom stereocenters. The number of carbonyl (C=O) groups is 1. The molecule has 2 rings (SSSR count). The van der Waals surface area contributed by atoms with Crippen molar-refractivity contribution in [2.75, 3.05) is 19.0 Å². The van der Waals surface area contributed by atoms with Gasteiger partial charge in [0.05, 0.1) is 12.0 Å². The van der Waals surface area contributed by atoms with E-state index in [0.29, 0.717) is 17.9 Å². The second-order valence-electron chi connectivity index (χ2n) is 4.94. The fourth-order valence-corrected chi connectivity index (χ4v) is 2.30. The van der Waals surface area contributed by atoms with Gasteiger partial charge < -0.3 is 14.8 Å². The average molecular weight is 274 g/mol. The first-order valence-corrected chi connectivity index (χ1v) is 6.62. The number of nitrogens with one attached hydrogen (secondary N) is 1. The van der Waals surface area contributed by atoms with Crippen molar-refractivity contribution in [1.82, 2.24) is 0 Å². The Morgan fingerprint density at radius 3 is 2.90 bits per heavy atom. The van der Waals surface area contributed by atoms with E-state index in [-0.39, 0.29) is 18.1 Å². The predicted molar refractivity (Wildman–Crippen MR) is 74.4 cm³/mol. The van der Waals surface area contributed by atoms with Crippen molar-refractivity contribution in [3.05, 3.63) is 24.3 Å². The summed E-state index contributed by atoms with van der Waals surface area (Å²) in [5.41, 5.74) is 0.384. The van der Waals surface area contributed by atoms with E-state index in [1.807, 2.05) is 6.07 Å². The molecule has 5 nitrogen and oxygen atoms in total. The van der Waals surface area contributed by atoms with E-state index in [9.17, 15) is 4.79 Å². The van der Waals surface area contributed by atoms with Crippen LogP contribution < -0.4 is 10.1 Å². The molecule has 1 aliphatic rings. The van der Waals surface area contributed by atoms with Gasteiger partial charge >= 0.3 is 0 Å². The lowest BCUT2D eigenvalue weighted by molar-refractivity contribution is -0.129. The van der Waals surface area contributed by atoms with E-state index in [1.165, 1.54) is 0 Å². The number of anilines is 1. The predicted octanol–water partition coefficient (Wildman–Crippen LogP) is 2.49. The zero-order valence-corrected chi connectivity index (χ0v) is 11.5. The third-order valence-corrected chi connectivity index (χ3v) is 3.60. The molecule has 0 unspecified atom stereocenters. The summed E-state index contributed by atoms with van der Waals surface area (Å²) in [6.07, 6.45) is 3.34. The van der Waals surface area contributed by atoms with E-state index < -0.39 is 0 Å². The average Bonchev–Trinajstić information content (AvgIpc) is 2.41. The van der Waals surface area contributed by atoms with Crippen LogP contribution in [0, 0.1) is 11.3 Å². The molecule has 0 aliphatic heterocycles. The first kappa shape index (κ1) is 14.4. The normalized spacial score (nSPS) is 15.8. The number of hydrogen-bond acceptors (Lipinski definition) is 4. The molecule has 1 saturated carbocycles. The fourth-order valence-electron chi connectivity index (χ4n) is 2.30. The maximum absolute atomic E-state index is 12.0. The quantitative estimate of drug-likeness (QED) is 0.865. The van der Waals surface area contributed by atoms with Gasteiger partial charge in [0.2, 0.25) is 5.91 Å². The van der Waals surface area contributed by atoms with E-state index in [1.54, 1.807) is 31.4 Å². The summed E-state index contributed by atoms with van der Waals surface area (Å²) in [6.45, 7) is -0.00974. The molecular weight excluding hydrogens is 256 g/mol. The van der Waals surface area contributed by atoms with Gasteiger partial charge in [-0.2, -0.15) is 5.26 Å². The zero-order chi connectivity index (χ0) is 14.4. The Hall–Kier alpha value is -2.06. The van der Waals surface area contributed by atoms with Crippen LogP contribution >= 0.6 is 0 Å². The Balaban J connectivity index is 1.92. The van der Waals surface area contributed by atoms with E-state index in [4.69, 9.17) is 14.7 Å². The van der Waals surface area contributed by atoms with E-state index in [2.05, 4.69) is 5.32 Å². The highest BCUT2D eigenvalue weighted by molar-refractivity contribution is 5.91. The lowest BCUT2D eigenvalue weighted by Gasteiger charge is -2.39. The maximum Gasteiger partial charge on any atom is 0.227 e. The number of nitrogens with zero attached hydrogens (tertiary/aromatic N) is 1. The molecule has 1 N–H and O–H groups in total. The van der Waals surface area contributed by atoms with Crippen LogP contribution in [0.3, 0.4) is 0 Å². The summed E-state index contributed by atoms with van der Waals surface area (Å²) in [6, 6.07) is 8.92. The lowest BCUT2D eigenvalue weighted by Crippen LogP contribution is -2.42. The summed E-state index contributed by atoms with van der Waals surface area (Å²) in [5, 5.41) is 11.3. The number of amides is 1. The van der Waals surface area contributed by atoms with Crippen LogP contribution in [-0.2, 0) is 9.53 Å². The third-order valence-electron chi connectivity index (χ3n) is 3.60. The smallest absolute Gasteiger partial charge is 0.227 e. The molecule has 1 aromatic carbocycles. The number of ether oxygens (including phenoxy) is 2. The molecule has 0 heterocycles. The second-order valence-corrected chi connectivity index (χ2v) is 4.94. The number of benzene rings is 1. The number of hydrogen-bond donors (Lipinski definition) is 1. The van der Waals surface area contributed by atoms with Gasteiger partial charge in [0, 0.05) is 18.9 Å². The minimum atomic E-state index is -0.279. The van der Waals surface area contributed by atoms with Gasteiger partial charge in [-0.3, -0.25) is 4.79 Å². The SMILES string of the molecule is COC1(CC(=O)Nc2cccc(OCC#N)c2)CCC1. The fraction of sp³-hybridized carbons (Fsp3) is 0.467. The van der Waals surface area contributed by atoms with Gasteiger partial charge in [0.25, 0.3) is 0 Å². The zero-order valence-electron chi connectivity index (χ0n) is 11.5. The van der Waals surface area contributed by atoms with Gasteiger partial charge in [-0.25, -0.2) is 0 Å². The summed E-state index contributed by atoms with van der Waals surface area (Å²) >= 11 is 0. The summed E-state index contributed by atoms with van der Waals surface area (Å²) in [5.74, 6) is 0.499. The van der Waals surface area contributed by atoms with Crippen LogP contribution in [0.5, 0.6) is 5.75 Å². The molecule has 106 valence electrons. The number of nitriles is 1. The molecule has 1 amide bonds. The van der Waals surface area contributed by atoms with Crippen molar-refractivity contribution in [2.45, 2.75) is 31.3 Å². The molecule has 0 aromatic heterocycles. The molecule has 1 fully saturated rings. The van der Waals surface area contributed by atoms with Gasteiger partial charge in [0.15, 0.2) is 6.61 Å². The van der Waals surface area contributed by atoms with Crippen LogP contribution in [0.25, 0.3) is 0 Å². The summed E-state index contributed by atoms with van der Waals surface area (Å²) < 4.78 is 10.6. The van der Waals surface area contributed by atoms with E-state index in [0.717, 1.165) is 19.3 Å². The molecule has 20 heavy (non-hydrogen) atoms. The third kappa shape index (κ3) is 3.49. The van der Waals surface area contributed by atoms with Gasteiger partial charge in [0.1, 0.15) is 11.8 Å². The first-order chi connectivity index (χ1) is 9.67. The highest BCUT2D eigenvalue weighted by Crippen LogP contribution is 2.38. The lowest BCUT2D eigenvalue weighted by atomic mass is 9.77. The van der Waals surface area contributed by atoms with Crippen LogP contribution in [0.2, 0.25) is 0 Å². The molecule has 5 heteroatoms. The van der Waals surface area contributed by atoms with Gasteiger partial charge in [-0.05, 0) is 31.4 Å². The molecular formula is C15H18N2O3. The van der Waals surface area contributed by atoms with Crippen molar-refractivity contribution in [1.29, 1.82) is 5.26 Å². The van der Waals surface area contributed by atoms with Crippen LogP contribution in [0.1, 0.15) is 25.7 Å². The molecule has 1 aromatic rings.